The molecule has 5 nitrogen and oxygen atoms in total. The van der Waals surface area contributed by atoms with E-state index in [4.69, 9.17) is 11.5 Å². The molecule has 0 radical (unpaired) electrons. The van der Waals surface area contributed by atoms with Crippen molar-refractivity contribution in [2.75, 3.05) is 0 Å². The topological polar surface area (TPSA) is 106 Å². The van der Waals surface area contributed by atoms with E-state index in [-0.39, 0.29) is 5.70 Å². The standard InChI is InChI=1S/C11H12N2O3S/c12-6-7-2-1-3-9-8(7)4-5-10(13)11(9)17(14,15)16/h1-6,11H,12-13H2,(H,14,15,16)/b7-6-. The molecule has 1 aliphatic rings. The molecule has 2 rings (SSSR count). The Balaban J connectivity index is 2.87. The van der Waals surface area contributed by atoms with Crippen molar-refractivity contribution in [2.45, 2.75) is 5.25 Å². The van der Waals surface area contributed by atoms with Crippen LogP contribution in [0.3, 0.4) is 0 Å². The molecule has 0 fully saturated rings. The number of allylic oxidation sites excluding steroid dienone is 1. The third-order valence-electron chi connectivity index (χ3n) is 2.68. The molecule has 5 N–H and O–H groups in total. The molecule has 0 bridgehead atoms. The van der Waals surface area contributed by atoms with Crippen LogP contribution in [0, 0.1) is 0 Å². The SMILES string of the molecule is N/C=c1/cccc2c1=CC=C(N)C2S(=O)(=O)O. The molecule has 0 heterocycles. The van der Waals surface area contributed by atoms with Crippen LogP contribution >= 0.6 is 0 Å². The van der Waals surface area contributed by atoms with E-state index in [2.05, 4.69) is 0 Å². The van der Waals surface area contributed by atoms with E-state index in [0.717, 1.165) is 0 Å². The van der Waals surface area contributed by atoms with Gasteiger partial charge in [0.15, 0.2) is 5.25 Å². The van der Waals surface area contributed by atoms with Crippen molar-refractivity contribution in [3.05, 3.63) is 46.0 Å². The molecule has 0 saturated heterocycles. The van der Waals surface area contributed by atoms with Gasteiger partial charge in [0.2, 0.25) is 0 Å². The van der Waals surface area contributed by atoms with Gasteiger partial charge < -0.3 is 11.5 Å². The minimum Gasteiger partial charge on any atom is -0.404 e. The Bertz CT molecular complexity index is 705. The molecule has 0 saturated carbocycles. The highest BCUT2D eigenvalue weighted by atomic mass is 32.2. The largest absolute Gasteiger partial charge is 0.404 e. The van der Waals surface area contributed by atoms with Crippen LogP contribution in [0.5, 0.6) is 0 Å². The van der Waals surface area contributed by atoms with Crippen LogP contribution in [0.1, 0.15) is 10.8 Å². The van der Waals surface area contributed by atoms with Crippen molar-refractivity contribution in [3.8, 4) is 0 Å². The molecule has 1 aromatic carbocycles. The van der Waals surface area contributed by atoms with E-state index < -0.39 is 15.4 Å². The molecule has 1 atom stereocenters. The molecular formula is C11H12N2O3S. The van der Waals surface area contributed by atoms with Crippen LogP contribution in [-0.2, 0) is 10.1 Å². The van der Waals surface area contributed by atoms with Gasteiger partial charge in [0.05, 0.1) is 0 Å². The third-order valence-corrected chi connectivity index (χ3v) is 3.80. The zero-order valence-corrected chi connectivity index (χ0v) is 9.68. The predicted molar refractivity (Wildman–Crippen MR) is 65.4 cm³/mol. The maximum atomic E-state index is 11.3. The lowest BCUT2D eigenvalue weighted by atomic mass is 10.0. The first-order valence-electron chi connectivity index (χ1n) is 4.89. The maximum absolute atomic E-state index is 11.3. The van der Waals surface area contributed by atoms with Gasteiger partial charge in [0, 0.05) is 11.9 Å². The summed E-state index contributed by atoms with van der Waals surface area (Å²) >= 11 is 0. The van der Waals surface area contributed by atoms with Crippen molar-refractivity contribution >= 4 is 22.4 Å². The predicted octanol–water partition coefficient (Wildman–Crippen LogP) is -1.05. The monoisotopic (exact) mass is 252 g/mol. The van der Waals surface area contributed by atoms with E-state index >= 15 is 0 Å². The molecule has 0 aliphatic heterocycles. The zero-order valence-electron chi connectivity index (χ0n) is 8.87. The van der Waals surface area contributed by atoms with Crippen molar-refractivity contribution in [2.24, 2.45) is 11.5 Å². The summed E-state index contributed by atoms with van der Waals surface area (Å²) < 4.78 is 31.9. The van der Waals surface area contributed by atoms with Crippen LogP contribution in [0.25, 0.3) is 12.3 Å². The Kier molecular flexibility index (Phi) is 2.68. The van der Waals surface area contributed by atoms with Crippen molar-refractivity contribution < 1.29 is 13.0 Å². The summed E-state index contributed by atoms with van der Waals surface area (Å²) in [6.07, 6.45) is 4.53. The van der Waals surface area contributed by atoms with Gasteiger partial charge in [0.1, 0.15) is 0 Å². The quantitative estimate of drug-likeness (QED) is 0.553. The first kappa shape index (κ1) is 11.7. The van der Waals surface area contributed by atoms with Gasteiger partial charge in [-0.25, -0.2) is 0 Å². The van der Waals surface area contributed by atoms with Crippen molar-refractivity contribution in [1.29, 1.82) is 0 Å². The Hall–Kier alpha value is -1.79. The van der Waals surface area contributed by atoms with Gasteiger partial charge in [-0.3, -0.25) is 4.55 Å². The van der Waals surface area contributed by atoms with Gasteiger partial charge in [-0.2, -0.15) is 8.42 Å². The molecule has 0 spiro atoms. The summed E-state index contributed by atoms with van der Waals surface area (Å²) in [5.74, 6) is 0. The van der Waals surface area contributed by atoms with Crippen LogP contribution in [0.4, 0.5) is 0 Å². The number of rotatable bonds is 1. The van der Waals surface area contributed by atoms with Crippen LogP contribution in [-0.4, -0.2) is 13.0 Å². The maximum Gasteiger partial charge on any atom is 0.277 e. The third kappa shape index (κ3) is 1.92. The molecular weight excluding hydrogens is 240 g/mol. The summed E-state index contributed by atoms with van der Waals surface area (Å²) in [7, 11) is -4.28. The van der Waals surface area contributed by atoms with E-state index in [1.54, 1.807) is 24.3 Å². The summed E-state index contributed by atoms with van der Waals surface area (Å²) in [6, 6.07) is 5.03. The highest BCUT2D eigenvalue weighted by Gasteiger charge is 2.30. The summed E-state index contributed by atoms with van der Waals surface area (Å²) in [5.41, 5.74) is 11.6. The number of hydrogen-bond acceptors (Lipinski definition) is 4. The zero-order chi connectivity index (χ0) is 12.6. The molecule has 1 aliphatic carbocycles. The van der Waals surface area contributed by atoms with Gasteiger partial charge in [-0.15, -0.1) is 0 Å². The second-order valence-corrected chi connectivity index (χ2v) is 5.25. The lowest BCUT2D eigenvalue weighted by molar-refractivity contribution is 0.474. The lowest BCUT2D eigenvalue weighted by Crippen LogP contribution is -2.36. The summed E-state index contributed by atoms with van der Waals surface area (Å²) in [5, 5.41) is 0.133. The second-order valence-electron chi connectivity index (χ2n) is 3.75. The highest BCUT2D eigenvalue weighted by Crippen LogP contribution is 2.25. The molecule has 90 valence electrons. The van der Waals surface area contributed by atoms with Gasteiger partial charge in [0.25, 0.3) is 10.1 Å². The Labute approximate surface area is 98.5 Å². The van der Waals surface area contributed by atoms with Gasteiger partial charge in [-0.1, -0.05) is 24.3 Å². The first-order chi connectivity index (χ1) is 7.95. The number of fused-ring (bicyclic) bond motifs is 1. The van der Waals surface area contributed by atoms with E-state index in [9.17, 15) is 13.0 Å². The normalized spacial score (nSPS) is 20.4. The molecule has 6 heteroatoms. The fourth-order valence-corrected chi connectivity index (χ4v) is 2.90. The average Bonchev–Trinajstić information content (AvgIpc) is 2.25. The smallest absolute Gasteiger partial charge is 0.277 e. The van der Waals surface area contributed by atoms with Crippen LogP contribution in [0.15, 0.2) is 30.0 Å². The fraction of sp³-hybridized carbons (Fsp3) is 0.0909. The van der Waals surface area contributed by atoms with E-state index in [1.165, 1.54) is 12.3 Å². The minimum atomic E-state index is -4.28. The average molecular weight is 252 g/mol. The number of nitrogens with two attached hydrogens (primary N) is 2. The van der Waals surface area contributed by atoms with Crippen molar-refractivity contribution in [3.63, 3.8) is 0 Å². The minimum absolute atomic E-state index is 0.0918. The Morgan fingerprint density at radius 3 is 2.59 bits per heavy atom. The van der Waals surface area contributed by atoms with Crippen LogP contribution in [0.2, 0.25) is 0 Å². The number of benzene rings is 1. The molecule has 1 unspecified atom stereocenters. The Morgan fingerprint density at radius 2 is 2.00 bits per heavy atom. The van der Waals surface area contributed by atoms with E-state index in [1.807, 2.05) is 0 Å². The molecule has 0 amide bonds. The van der Waals surface area contributed by atoms with Gasteiger partial charge in [-0.05, 0) is 22.1 Å². The summed E-state index contributed by atoms with van der Waals surface area (Å²) in [4.78, 5) is 0. The van der Waals surface area contributed by atoms with Gasteiger partial charge >= 0.3 is 0 Å². The highest BCUT2D eigenvalue weighted by molar-refractivity contribution is 7.86. The molecule has 0 aromatic heterocycles. The molecule has 1 aromatic rings. The number of hydrogen-bond donors (Lipinski definition) is 3. The second kappa shape index (κ2) is 3.90. The van der Waals surface area contributed by atoms with E-state index in [0.29, 0.717) is 16.0 Å². The fourth-order valence-electron chi connectivity index (χ4n) is 1.95. The Morgan fingerprint density at radius 1 is 1.29 bits per heavy atom. The lowest BCUT2D eigenvalue weighted by Gasteiger charge is -2.18. The molecule has 17 heavy (non-hydrogen) atoms. The van der Waals surface area contributed by atoms with Crippen LogP contribution < -0.4 is 21.9 Å². The summed E-state index contributed by atoms with van der Waals surface area (Å²) in [6.45, 7) is 0. The van der Waals surface area contributed by atoms with Crippen molar-refractivity contribution in [1.82, 2.24) is 0 Å². The first-order valence-corrected chi connectivity index (χ1v) is 6.40.